The Morgan fingerprint density at radius 1 is 1.19 bits per heavy atom. The van der Waals surface area contributed by atoms with Crippen molar-refractivity contribution in [3.63, 3.8) is 0 Å². The summed E-state index contributed by atoms with van der Waals surface area (Å²) in [4.78, 5) is 10.9. The summed E-state index contributed by atoms with van der Waals surface area (Å²) in [6, 6.07) is 0.570. The lowest BCUT2D eigenvalue weighted by atomic mass is 10.4. The molecule has 94 valence electrons. The molecule has 0 unspecified atom stereocenters. The van der Waals surface area contributed by atoms with Crippen molar-refractivity contribution >= 4 is 20.5 Å². The fraction of sp³-hybridized carbons (Fsp3) is 0.778. The molecule has 7 heteroatoms. The van der Waals surface area contributed by atoms with Crippen LogP contribution in [0.15, 0.2) is 0 Å². The zero-order valence-electron chi connectivity index (χ0n) is 10.2. The molecule has 0 aromatic carbocycles. The van der Waals surface area contributed by atoms with Crippen molar-refractivity contribution in [1.82, 2.24) is 0 Å². The Kier molecular flexibility index (Phi) is 7.14. The number of esters is 1. The van der Waals surface area contributed by atoms with E-state index in [1.54, 1.807) is 0 Å². The standard InChI is InChI=1S/C9H19NO5Si/c1-8(10)9(11)15-6-5-7-16(12-2,13-3)14-4/h10H,5-7H2,1-4H3. The van der Waals surface area contributed by atoms with E-state index in [0.29, 0.717) is 12.5 Å². The van der Waals surface area contributed by atoms with Crippen molar-refractivity contribution in [2.45, 2.75) is 19.4 Å². The minimum absolute atomic E-state index is 0.103. The van der Waals surface area contributed by atoms with Crippen molar-refractivity contribution in [2.24, 2.45) is 0 Å². The molecule has 0 amide bonds. The van der Waals surface area contributed by atoms with Gasteiger partial charge in [0.1, 0.15) is 5.71 Å². The first-order chi connectivity index (χ1) is 7.51. The van der Waals surface area contributed by atoms with E-state index in [9.17, 15) is 4.79 Å². The van der Waals surface area contributed by atoms with E-state index >= 15 is 0 Å². The van der Waals surface area contributed by atoms with Crippen LogP contribution in [0.3, 0.4) is 0 Å². The van der Waals surface area contributed by atoms with Gasteiger partial charge in [-0.05, 0) is 13.3 Å². The highest BCUT2D eigenvalue weighted by molar-refractivity contribution is 6.60. The fourth-order valence-electron chi connectivity index (χ4n) is 1.12. The van der Waals surface area contributed by atoms with E-state index < -0.39 is 14.8 Å². The second kappa shape index (κ2) is 7.50. The van der Waals surface area contributed by atoms with Gasteiger partial charge < -0.3 is 18.0 Å². The van der Waals surface area contributed by atoms with Crippen LogP contribution < -0.4 is 0 Å². The maximum atomic E-state index is 10.9. The number of rotatable bonds is 8. The van der Waals surface area contributed by atoms with Gasteiger partial charge in [-0.2, -0.15) is 0 Å². The molecular formula is C9H19NO5Si. The molecule has 0 aromatic heterocycles. The molecule has 16 heavy (non-hydrogen) atoms. The Morgan fingerprint density at radius 2 is 1.69 bits per heavy atom. The van der Waals surface area contributed by atoms with E-state index in [-0.39, 0.29) is 12.3 Å². The number of hydrogen-bond acceptors (Lipinski definition) is 6. The molecule has 0 spiro atoms. The molecule has 6 nitrogen and oxygen atoms in total. The summed E-state index contributed by atoms with van der Waals surface area (Å²) in [7, 11) is 2.04. The molecule has 0 saturated carbocycles. The summed E-state index contributed by atoms with van der Waals surface area (Å²) in [6.07, 6.45) is 0.584. The quantitative estimate of drug-likeness (QED) is 0.298. The predicted octanol–water partition coefficient (Wildman–Crippen LogP) is 0.837. The normalized spacial score (nSPS) is 11.2. The minimum atomic E-state index is -2.56. The van der Waals surface area contributed by atoms with Crippen LogP contribution in [-0.2, 0) is 22.8 Å². The molecule has 0 radical (unpaired) electrons. The molecule has 0 aromatic rings. The van der Waals surface area contributed by atoms with Crippen molar-refractivity contribution in [2.75, 3.05) is 27.9 Å². The van der Waals surface area contributed by atoms with Gasteiger partial charge >= 0.3 is 14.8 Å². The monoisotopic (exact) mass is 249 g/mol. The Bertz CT molecular complexity index is 234. The van der Waals surface area contributed by atoms with Gasteiger partial charge in [-0.15, -0.1) is 0 Å². The molecule has 0 aliphatic heterocycles. The first-order valence-electron chi connectivity index (χ1n) is 4.89. The van der Waals surface area contributed by atoms with Crippen molar-refractivity contribution in [3.05, 3.63) is 0 Å². The largest absolute Gasteiger partial charge is 0.500 e. The topological polar surface area (TPSA) is 77.8 Å². The van der Waals surface area contributed by atoms with Crippen molar-refractivity contribution in [3.8, 4) is 0 Å². The third kappa shape index (κ3) is 4.84. The van der Waals surface area contributed by atoms with E-state index in [2.05, 4.69) is 0 Å². The molecule has 0 fully saturated rings. The third-order valence-electron chi connectivity index (χ3n) is 2.10. The smallest absolute Gasteiger partial charge is 0.461 e. The molecule has 0 bridgehead atoms. The van der Waals surface area contributed by atoms with Gasteiger partial charge in [-0.1, -0.05) is 0 Å². The zero-order valence-corrected chi connectivity index (χ0v) is 11.2. The predicted molar refractivity (Wildman–Crippen MR) is 60.6 cm³/mol. The molecule has 0 aliphatic rings. The lowest BCUT2D eigenvalue weighted by Gasteiger charge is -2.24. The zero-order chi connectivity index (χ0) is 12.6. The van der Waals surface area contributed by atoms with Crippen LogP contribution in [0.2, 0.25) is 6.04 Å². The lowest BCUT2D eigenvalue weighted by Crippen LogP contribution is -2.42. The SMILES string of the molecule is CO[Si](CCCOC(=O)C(C)=N)(OC)OC. The Morgan fingerprint density at radius 3 is 2.06 bits per heavy atom. The van der Waals surface area contributed by atoms with Crippen LogP contribution in [0.4, 0.5) is 0 Å². The highest BCUT2D eigenvalue weighted by atomic mass is 28.4. The van der Waals surface area contributed by atoms with Gasteiger partial charge in [0.15, 0.2) is 0 Å². The summed E-state index contributed by atoms with van der Waals surface area (Å²) < 4.78 is 20.4. The summed E-state index contributed by atoms with van der Waals surface area (Å²) in [6.45, 7) is 1.63. The number of carbonyl (C=O) groups excluding carboxylic acids is 1. The maximum absolute atomic E-state index is 10.9. The average molecular weight is 249 g/mol. The maximum Gasteiger partial charge on any atom is 0.500 e. The number of carbonyl (C=O) groups is 1. The van der Waals surface area contributed by atoms with Crippen LogP contribution in [0.1, 0.15) is 13.3 Å². The molecule has 1 N–H and O–H groups in total. The molecule has 0 saturated heterocycles. The van der Waals surface area contributed by atoms with Crippen LogP contribution in [0.5, 0.6) is 0 Å². The van der Waals surface area contributed by atoms with Crippen LogP contribution in [0.25, 0.3) is 0 Å². The second-order valence-electron chi connectivity index (χ2n) is 3.16. The van der Waals surface area contributed by atoms with E-state index in [1.807, 2.05) is 0 Å². The third-order valence-corrected chi connectivity index (χ3v) is 4.93. The number of nitrogens with one attached hydrogen (secondary N) is 1. The molecule has 0 atom stereocenters. The van der Waals surface area contributed by atoms with Gasteiger partial charge in [-0.3, -0.25) is 5.41 Å². The molecule has 0 rings (SSSR count). The van der Waals surface area contributed by atoms with Gasteiger partial charge in [-0.25, -0.2) is 4.79 Å². The molecular weight excluding hydrogens is 230 g/mol. The number of hydrogen-bond donors (Lipinski definition) is 1. The van der Waals surface area contributed by atoms with Gasteiger partial charge in [0.2, 0.25) is 0 Å². The van der Waals surface area contributed by atoms with Crippen molar-refractivity contribution < 1.29 is 22.8 Å². The molecule has 0 aliphatic carbocycles. The van der Waals surface area contributed by atoms with Crippen LogP contribution >= 0.6 is 0 Å². The first kappa shape index (κ1) is 15.2. The van der Waals surface area contributed by atoms with Gasteiger partial charge in [0.25, 0.3) is 0 Å². The lowest BCUT2D eigenvalue weighted by molar-refractivity contribution is -0.135. The highest BCUT2D eigenvalue weighted by Gasteiger charge is 2.36. The number of ether oxygens (including phenoxy) is 1. The Balaban J connectivity index is 3.88. The van der Waals surface area contributed by atoms with E-state index in [1.165, 1.54) is 28.3 Å². The van der Waals surface area contributed by atoms with Crippen molar-refractivity contribution in [1.29, 1.82) is 5.41 Å². The Hall–Kier alpha value is -0.763. The van der Waals surface area contributed by atoms with Crippen LogP contribution in [-0.4, -0.2) is 48.4 Å². The summed E-state index contributed by atoms with van der Waals surface area (Å²) in [5.74, 6) is -0.598. The summed E-state index contributed by atoms with van der Waals surface area (Å²) in [5.41, 5.74) is -0.103. The Labute approximate surface area is 96.7 Å². The summed E-state index contributed by atoms with van der Waals surface area (Å²) in [5, 5.41) is 7.03. The van der Waals surface area contributed by atoms with Gasteiger partial charge in [0.05, 0.1) is 6.61 Å². The minimum Gasteiger partial charge on any atom is -0.461 e. The highest BCUT2D eigenvalue weighted by Crippen LogP contribution is 2.14. The van der Waals surface area contributed by atoms with Gasteiger partial charge in [0, 0.05) is 27.4 Å². The summed E-state index contributed by atoms with van der Waals surface area (Å²) >= 11 is 0. The van der Waals surface area contributed by atoms with E-state index in [4.69, 9.17) is 23.4 Å². The fourth-order valence-corrected chi connectivity index (χ4v) is 2.81. The second-order valence-corrected chi connectivity index (χ2v) is 6.25. The average Bonchev–Trinajstić information content (AvgIpc) is 2.30. The van der Waals surface area contributed by atoms with E-state index in [0.717, 1.165) is 0 Å². The molecule has 0 heterocycles. The first-order valence-corrected chi connectivity index (χ1v) is 6.82. The van der Waals surface area contributed by atoms with Crippen LogP contribution in [0, 0.1) is 5.41 Å².